The summed E-state index contributed by atoms with van der Waals surface area (Å²) >= 11 is 0. The first-order chi connectivity index (χ1) is 13.9. The van der Waals surface area contributed by atoms with Crippen molar-refractivity contribution < 1.29 is 13.7 Å². The van der Waals surface area contributed by atoms with Crippen LogP contribution in [0.25, 0.3) is 0 Å². The van der Waals surface area contributed by atoms with Crippen molar-refractivity contribution in [1.29, 1.82) is 0 Å². The number of aliphatic imine (C=N–C) groups is 1. The fourth-order valence-corrected chi connectivity index (χ4v) is 5.30. The number of hydrogen-bond acceptors (Lipinski definition) is 4. The Morgan fingerprint density at radius 3 is 2.79 bits per heavy atom. The highest BCUT2D eigenvalue weighted by molar-refractivity contribution is 7.85. The lowest BCUT2D eigenvalue weighted by molar-refractivity contribution is 0.174. The van der Waals surface area contributed by atoms with E-state index in [2.05, 4.69) is 43.5 Å². The van der Waals surface area contributed by atoms with Crippen LogP contribution in [0.2, 0.25) is 0 Å². The number of benzene rings is 1. The molecule has 6 nitrogen and oxygen atoms in total. The third kappa shape index (κ3) is 5.65. The molecule has 3 unspecified atom stereocenters. The zero-order valence-corrected chi connectivity index (χ0v) is 18.9. The van der Waals surface area contributed by atoms with Crippen LogP contribution in [-0.2, 0) is 16.2 Å². The molecule has 1 aliphatic heterocycles. The van der Waals surface area contributed by atoms with Gasteiger partial charge >= 0.3 is 0 Å². The fourth-order valence-electron chi connectivity index (χ4n) is 3.95. The summed E-state index contributed by atoms with van der Waals surface area (Å²) in [5.41, 5.74) is 1.04. The number of fused-ring (bicyclic) bond motifs is 1. The van der Waals surface area contributed by atoms with Crippen LogP contribution < -0.4 is 20.1 Å². The summed E-state index contributed by atoms with van der Waals surface area (Å²) in [7, 11) is -0.718. The summed E-state index contributed by atoms with van der Waals surface area (Å²) in [6.45, 7) is 10.2. The Hall–Kier alpha value is -1.76. The van der Waals surface area contributed by atoms with E-state index in [9.17, 15) is 4.21 Å². The largest absolute Gasteiger partial charge is 0.454 e. The monoisotopic (exact) mass is 421 g/mol. The quantitative estimate of drug-likeness (QED) is 0.522. The molecule has 1 heterocycles. The molecule has 2 N–H and O–H groups in total. The first-order valence-electron chi connectivity index (χ1n) is 10.7. The van der Waals surface area contributed by atoms with E-state index in [1.165, 1.54) is 5.56 Å². The third-order valence-corrected chi connectivity index (χ3v) is 7.49. The third-order valence-electron chi connectivity index (χ3n) is 5.75. The van der Waals surface area contributed by atoms with Crippen molar-refractivity contribution in [3.05, 3.63) is 23.8 Å². The summed E-state index contributed by atoms with van der Waals surface area (Å²) < 4.78 is 23.2. The molecule has 7 heteroatoms. The Morgan fingerprint density at radius 1 is 1.24 bits per heavy atom. The van der Waals surface area contributed by atoms with Gasteiger partial charge in [-0.1, -0.05) is 33.3 Å². The van der Waals surface area contributed by atoms with Gasteiger partial charge in [-0.05, 0) is 43.9 Å². The predicted octanol–water partition coefficient (Wildman–Crippen LogP) is 3.33. The van der Waals surface area contributed by atoms with Crippen molar-refractivity contribution in [2.75, 3.05) is 25.6 Å². The number of hydrogen-bond donors (Lipinski definition) is 2. The summed E-state index contributed by atoms with van der Waals surface area (Å²) in [6, 6.07) is 6.46. The molecular formula is C22H35N3O3S. The van der Waals surface area contributed by atoms with E-state index in [0.29, 0.717) is 17.8 Å². The van der Waals surface area contributed by atoms with Gasteiger partial charge in [0.2, 0.25) is 6.79 Å². The molecule has 162 valence electrons. The van der Waals surface area contributed by atoms with Crippen LogP contribution >= 0.6 is 0 Å². The molecule has 0 aromatic heterocycles. The minimum Gasteiger partial charge on any atom is -0.454 e. The highest BCUT2D eigenvalue weighted by atomic mass is 32.2. The zero-order chi connectivity index (χ0) is 20.9. The molecule has 2 aliphatic rings. The average molecular weight is 422 g/mol. The van der Waals surface area contributed by atoms with E-state index in [0.717, 1.165) is 55.4 Å². The SMILES string of the molecule is CCNC(=NCC(C)(C)c1ccc2c(c1)OCO2)NC1CCCC(S(=O)CC)C1. The molecule has 1 aliphatic carbocycles. The molecule has 1 aromatic rings. The topological polar surface area (TPSA) is 72.0 Å². The summed E-state index contributed by atoms with van der Waals surface area (Å²) in [6.07, 6.45) is 4.25. The maximum atomic E-state index is 12.2. The highest BCUT2D eigenvalue weighted by Gasteiger charge is 2.27. The van der Waals surface area contributed by atoms with Gasteiger partial charge in [0.1, 0.15) is 0 Å². The molecule has 0 bridgehead atoms. The van der Waals surface area contributed by atoms with E-state index in [1.54, 1.807) is 0 Å². The second-order valence-corrected chi connectivity index (χ2v) is 10.5. The molecule has 1 fully saturated rings. The van der Waals surface area contributed by atoms with Crippen molar-refractivity contribution in [1.82, 2.24) is 10.6 Å². The molecule has 0 spiro atoms. The second-order valence-electron chi connectivity index (χ2n) is 8.45. The van der Waals surface area contributed by atoms with Gasteiger partial charge in [-0.15, -0.1) is 0 Å². The first kappa shape index (κ1) is 21.9. The Morgan fingerprint density at radius 2 is 2.03 bits per heavy atom. The van der Waals surface area contributed by atoms with E-state index in [4.69, 9.17) is 14.5 Å². The Kier molecular flexibility index (Phi) is 7.44. The van der Waals surface area contributed by atoms with Gasteiger partial charge < -0.3 is 20.1 Å². The fraction of sp³-hybridized carbons (Fsp3) is 0.682. The number of nitrogens with zero attached hydrogens (tertiary/aromatic N) is 1. The maximum Gasteiger partial charge on any atom is 0.231 e. The minimum atomic E-state index is -0.718. The first-order valence-corrected chi connectivity index (χ1v) is 12.1. The van der Waals surface area contributed by atoms with Gasteiger partial charge in [0.15, 0.2) is 17.5 Å². The number of guanidine groups is 1. The molecule has 0 saturated heterocycles. The summed E-state index contributed by atoms with van der Waals surface area (Å²) in [5.74, 6) is 3.20. The van der Waals surface area contributed by atoms with Crippen LogP contribution in [0.3, 0.4) is 0 Å². The Labute approximate surface area is 177 Å². The molecule has 0 amide bonds. The molecule has 29 heavy (non-hydrogen) atoms. The van der Waals surface area contributed by atoms with E-state index < -0.39 is 10.8 Å². The average Bonchev–Trinajstić information content (AvgIpc) is 3.20. The van der Waals surface area contributed by atoms with Crippen LogP contribution in [0.5, 0.6) is 11.5 Å². The van der Waals surface area contributed by atoms with E-state index in [-0.39, 0.29) is 12.2 Å². The van der Waals surface area contributed by atoms with Gasteiger partial charge in [-0.3, -0.25) is 9.20 Å². The van der Waals surface area contributed by atoms with Crippen LogP contribution in [-0.4, -0.2) is 47.1 Å². The molecular weight excluding hydrogens is 386 g/mol. The molecule has 3 rings (SSSR count). The smallest absolute Gasteiger partial charge is 0.231 e. The van der Waals surface area contributed by atoms with Crippen LogP contribution in [0, 0.1) is 0 Å². The summed E-state index contributed by atoms with van der Waals surface area (Å²) in [4.78, 5) is 4.89. The lowest BCUT2D eigenvalue weighted by atomic mass is 9.84. The van der Waals surface area contributed by atoms with Gasteiger partial charge in [0.25, 0.3) is 0 Å². The van der Waals surface area contributed by atoms with Crippen LogP contribution in [0.1, 0.15) is 58.9 Å². The summed E-state index contributed by atoms with van der Waals surface area (Å²) in [5, 5.41) is 7.27. The van der Waals surface area contributed by atoms with Gasteiger partial charge in [0.05, 0.1) is 6.54 Å². The van der Waals surface area contributed by atoms with Crippen LogP contribution in [0.4, 0.5) is 0 Å². The van der Waals surface area contributed by atoms with Crippen molar-refractivity contribution in [3.63, 3.8) is 0 Å². The lowest BCUT2D eigenvalue weighted by Gasteiger charge is -2.30. The lowest BCUT2D eigenvalue weighted by Crippen LogP contribution is -2.47. The zero-order valence-electron chi connectivity index (χ0n) is 18.1. The van der Waals surface area contributed by atoms with Gasteiger partial charge in [-0.25, -0.2) is 0 Å². The molecule has 1 saturated carbocycles. The van der Waals surface area contributed by atoms with Crippen molar-refractivity contribution in [2.45, 2.75) is 70.1 Å². The highest BCUT2D eigenvalue weighted by Crippen LogP contribution is 2.36. The minimum absolute atomic E-state index is 0.137. The Bertz CT molecular complexity index is 751. The van der Waals surface area contributed by atoms with Crippen molar-refractivity contribution in [3.8, 4) is 11.5 Å². The Balaban J connectivity index is 1.65. The molecule has 1 aromatic carbocycles. The predicted molar refractivity (Wildman–Crippen MR) is 119 cm³/mol. The van der Waals surface area contributed by atoms with Crippen molar-refractivity contribution >= 4 is 16.8 Å². The van der Waals surface area contributed by atoms with E-state index >= 15 is 0 Å². The number of rotatable bonds is 7. The van der Waals surface area contributed by atoms with Gasteiger partial charge in [0, 0.05) is 39.8 Å². The molecule has 3 atom stereocenters. The van der Waals surface area contributed by atoms with E-state index in [1.807, 2.05) is 13.0 Å². The molecule has 0 radical (unpaired) electrons. The van der Waals surface area contributed by atoms with Crippen molar-refractivity contribution in [2.24, 2.45) is 4.99 Å². The van der Waals surface area contributed by atoms with Gasteiger partial charge in [-0.2, -0.15) is 0 Å². The number of nitrogens with one attached hydrogen (secondary N) is 2. The second kappa shape index (κ2) is 9.83. The van der Waals surface area contributed by atoms with Crippen LogP contribution in [0.15, 0.2) is 23.2 Å². The number of ether oxygens (including phenoxy) is 2. The maximum absolute atomic E-state index is 12.2. The standard InChI is InChI=1S/C22H35N3O3S/c1-5-23-21(25-17-8-7-9-18(13-17)29(26)6-2)24-14-22(3,4)16-10-11-19-20(12-16)28-15-27-19/h10-12,17-18H,5-9,13-15H2,1-4H3,(H2,23,24,25). The normalized spacial score (nSPS) is 23.0.